The molecule has 0 aliphatic heterocycles. The van der Waals surface area contributed by atoms with Crippen LogP contribution in [0.5, 0.6) is 11.5 Å². The maximum Gasteiger partial charge on any atom is 0.260 e. The number of amides is 2. The second-order valence-electron chi connectivity index (χ2n) is 8.99. The van der Waals surface area contributed by atoms with Crippen LogP contribution in [0.2, 0.25) is 0 Å². The summed E-state index contributed by atoms with van der Waals surface area (Å²) in [6.07, 6.45) is 1.80. The van der Waals surface area contributed by atoms with Gasteiger partial charge in [-0.25, -0.2) is 0 Å². The number of nitrogens with zero attached hydrogens (tertiary/aromatic N) is 1. The highest BCUT2D eigenvalue weighted by Crippen LogP contribution is 2.32. The van der Waals surface area contributed by atoms with Crippen LogP contribution in [0.25, 0.3) is 0 Å². The molecule has 0 aromatic heterocycles. The lowest BCUT2D eigenvalue weighted by molar-refractivity contribution is -0.134. The Hall–Kier alpha value is -4.46. The van der Waals surface area contributed by atoms with Gasteiger partial charge in [-0.2, -0.15) is 0 Å². The van der Waals surface area contributed by atoms with E-state index in [0.717, 1.165) is 12.8 Å². The molecule has 3 aromatic rings. The van der Waals surface area contributed by atoms with Gasteiger partial charge >= 0.3 is 0 Å². The Labute approximate surface area is 214 Å². The Morgan fingerprint density at radius 3 is 2.22 bits per heavy atom. The lowest BCUT2D eigenvalue weighted by Gasteiger charge is -2.23. The molecule has 2 amide bonds. The van der Waals surface area contributed by atoms with Crippen molar-refractivity contribution < 1.29 is 28.7 Å². The number of nitrogens with one attached hydrogen (secondary N) is 1. The van der Waals surface area contributed by atoms with Gasteiger partial charge in [0.05, 0.1) is 18.4 Å². The zero-order valence-electron chi connectivity index (χ0n) is 20.4. The van der Waals surface area contributed by atoms with Crippen LogP contribution in [0, 0.1) is 0 Å². The monoisotopic (exact) mass is 498 g/mol. The van der Waals surface area contributed by atoms with E-state index in [1.54, 1.807) is 65.6 Å². The van der Waals surface area contributed by atoms with Crippen LogP contribution in [-0.4, -0.2) is 54.6 Å². The number of carbonyl (C=O) groups is 4. The molecule has 0 bridgehead atoms. The van der Waals surface area contributed by atoms with Crippen molar-refractivity contribution in [2.45, 2.75) is 25.3 Å². The highest BCUT2D eigenvalue weighted by atomic mass is 16.5. The third-order valence-electron chi connectivity index (χ3n) is 6.53. The number of ether oxygens (including phenoxy) is 2. The van der Waals surface area contributed by atoms with Crippen LogP contribution in [0.15, 0.2) is 66.7 Å². The fraction of sp³-hybridized carbons (Fsp3) is 0.241. The molecule has 0 spiro atoms. The van der Waals surface area contributed by atoms with Gasteiger partial charge in [0.2, 0.25) is 5.91 Å². The lowest BCUT2D eigenvalue weighted by atomic mass is 9.83. The molecule has 37 heavy (non-hydrogen) atoms. The first-order chi connectivity index (χ1) is 18.0. The van der Waals surface area contributed by atoms with E-state index in [0.29, 0.717) is 28.3 Å². The summed E-state index contributed by atoms with van der Waals surface area (Å²) in [6, 6.07) is 18.7. The zero-order valence-corrected chi connectivity index (χ0v) is 20.4. The molecule has 8 nitrogen and oxygen atoms in total. The molecule has 0 unspecified atom stereocenters. The van der Waals surface area contributed by atoms with Crippen LogP contribution in [0.1, 0.15) is 51.1 Å². The van der Waals surface area contributed by atoms with E-state index in [9.17, 15) is 19.2 Å². The molecule has 0 saturated heterocycles. The van der Waals surface area contributed by atoms with Gasteiger partial charge in [0.1, 0.15) is 0 Å². The van der Waals surface area contributed by atoms with Gasteiger partial charge < -0.3 is 19.7 Å². The molecule has 2 aliphatic carbocycles. The number of fused-ring (bicyclic) bond motifs is 2. The van der Waals surface area contributed by atoms with E-state index in [1.807, 2.05) is 6.07 Å². The standard InChI is InChI=1S/C29H26N2O6/c1-36-23-11-4-5-12-24(23)37-17-26(33)31(18-13-14-18)16-15-25(32)30-22-10-6-9-21-27(22)29(35)20-8-3-2-7-19(20)28(21)34/h2-12,18H,13-17H2,1H3,(H,30,32). The Morgan fingerprint density at radius 2 is 1.51 bits per heavy atom. The first-order valence-corrected chi connectivity index (χ1v) is 12.1. The minimum absolute atomic E-state index is 0.0410. The van der Waals surface area contributed by atoms with Crippen LogP contribution < -0.4 is 14.8 Å². The Morgan fingerprint density at radius 1 is 0.865 bits per heavy atom. The maximum absolute atomic E-state index is 13.2. The van der Waals surface area contributed by atoms with Crippen molar-refractivity contribution in [3.8, 4) is 11.5 Å². The fourth-order valence-corrected chi connectivity index (χ4v) is 4.54. The van der Waals surface area contributed by atoms with Gasteiger partial charge in [0, 0.05) is 35.7 Å². The van der Waals surface area contributed by atoms with E-state index >= 15 is 0 Å². The summed E-state index contributed by atoms with van der Waals surface area (Å²) in [6.45, 7) is 0.0516. The van der Waals surface area contributed by atoms with Gasteiger partial charge in [-0.1, -0.05) is 48.5 Å². The summed E-state index contributed by atoms with van der Waals surface area (Å²) < 4.78 is 10.9. The number of methoxy groups -OCH3 is 1. The SMILES string of the molecule is COc1ccccc1OCC(=O)N(CCC(=O)Nc1cccc2c1C(=O)c1ccccc1C2=O)C1CC1. The number of ketones is 2. The molecule has 8 heteroatoms. The molecule has 5 rings (SSSR count). The summed E-state index contributed by atoms with van der Waals surface area (Å²) in [4.78, 5) is 53.5. The fourth-order valence-electron chi connectivity index (χ4n) is 4.54. The quantitative estimate of drug-likeness (QED) is 0.376. The predicted octanol–water partition coefficient (Wildman–Crippen LogP) is 3.87. The highest BCUT2D eigenvalue weighted by molar-refractivity contribution is 6.30. The van der Waals surface area contributed by atoms with Crippen LogP contribution >= 0.6 is 0 Å². The first-order valence-electron chi connectivity index (χ1n) is 12.1. The molecule has 0 radical (unpaired) electrons. The summed E-state index contributed by atoms with van der Waals surface area (Å²) in [5.41, 5.74) is 1.43. The molecule has 0 heterocycles. The number of hydrogen-bond donors (Lipinski definition) is 1. The van der Waals surface area contributed by atoms with E-state index in [4.69, 9.17) is 9.47 Å². The van der Waals surface area contributed by atoms with Gasteiger partial charge in [-0.05, 0) is 31.0 Å². The molecule has 0 atom stereocenters. The van der Waals surface area contributed by atoms with E-state index in [2.05, 4.69) is 5.32 Å². The Balaban J connectivity index is 1.24. The van der Waals surface area contributed by atoms with E-state index < -0.39 is 0 Å². The van der Waals surface area contributed by atoms with Crippen molar-refractivity contribution in [2.75, 3.05) is 25.6 Å². The third-order valence-corrected chi connectivity index (χ3v) is 6.53. The third kappa shape index (κ3) is 4.95. The molecule has 1 N–H and O–H groups in total. The average molecular weight is 499 g/mol. The van der Waals surface area contributed by atoms with Crippen molar-refractivity contribution in [3.63, 3.8) is 0 Å². The molecular formula is C29H26N2O6. The van der Waals surface area contributed by atoms with Crippen molar-refractivity contribution in [1.82, 2.24) is 4.90 Å². The molecule has 1 saturated carbocycles. The van der Waals surface area contributed by atoms with Gasteiger partial charge in [0.25, 0.3) is 5.91 Å². The topological polar surface area (TPSA) is 102 Å². The number of carbonyl (C=O) groups excluding carboxylic acids is 4. The van der Waals surface area contributed by atoms with Crippen molar-refractivity contribution in [3.05, 3.63) is 89.0 Å². The van der Waals surface area contributed by atoms with Gasteiger partial charge in [-0.15, -0.1) is 0 Å². The number of para-hydroxylation sites is 2. The molecule has 2 aliphatic rings. The highest BCUT2D eigenvalue weighted by Gasteiger charge is 2.34. The number of hydrogen-bond acceptors (Lipinski definition) is 6. The largest absolute Gasteiger partial charge is 0.493 e. The molecule has 3 aromatic carbocycles. The normalized spacial score (nSPS) is 13.9. The van der Waals surface area contributed by atoms with Crippen molar-refractivity contribution in [2.24, 2.45) is 0 Å². The van der Waals surface area contributed by atoms with Crippen molar-refractivity contribution >= 4 is 29.1 Å². The Kier molecular flexibility index (Phi) is 6.72. The van der Waals surface area contributed by atoms with Crippen LogP contribution in [-0.2, 0) is 9.59 Å². The molecule has 188 valence electrons. The number of anilines is 1. The van der Waals surface area contributed by atoms with Crippen molar-refractivity contribution in [1.29, 1.82) is 0 Å². The summed E-state index contributed by atoms with van der Waals surface area (Å²) in [7, 11) is 1.53. The smallest absolute Gasteiger partial charge is 0.260 e. The average Bonchev–Trinajstić information content (AvgIpc) is 3.76. The second kappa shape index (κ2) is 10.3. The summed E-state index contributed by atoms with van der Waals surface area (Å²) >= 11 is 0. The van der Waals surface area contributed by atoms with Gasteiger partial charge in [0.15, 0.2) is 29.7 Å². The Bertz CT molecular complexity index is 1390. The number of rotatable bonds is 9. The molecule has 1 fully saturated rings. The maximum atomic E-state index is 13.2. The predicted molar refractivity (Wildman–Crippen MR) is 136 cm³/mol. The molecular weight excluding hydrogens is 472 g/mol. The van der Waals surface area contributed by atoms with Gasteiger partial charge in [-0.3, -0.25) is 19.2 Å². The first kappa shape index (κ1) is 24.2. The van der Waals surface area contributed by atoms with Crippen LogP contribution in [0.4, 0.5) is 5.69 Å². The minimum Gasteiger partial charge on any atom is -0.493 e. The lowest BCUT2D eigenvalue weighted by Crippen LogP contribution is -2.38. The zero-order chi connectivity index (χ0) is 25.9. The van der Waals surface area contributed by atoms with E-state index in [1.165, 1.54) is 7.11 Å². The number of benzene rings is 3. The minimum atomic E-state index is -0.350. The van der Waals surface area contributed by atoms with E-state index in [-0.39, 0.29) is 60.1 Å². The van der Waals surface area contributed by atoms with Crippen LogP contribution in [0.3, 0.4) is 0 Å². The summed E-state index contributed by atoms with van der Waals surface area (Å²) in [5, 5.41) is 2.78. The second-order valence-corrected chi connectivity index (χ2v) is 8.99. The summed E-state index contributed by atoms with van der Waals surface area (Å²) in [5.74, 6) is -0.102.